The Hall–Kier alpha value is -4.15. The van der Waals surface area contributed by atoms with Gasteiger partial charge in [0.15, 0.2) is 0 Å². The van der Waals surface area contributed by atoms with E-state index in [1.807, 2.05) is 74.8 Å². The fourth-order valence-electron chi connectivity index (χ4n) is 6.98. The van der Waals surface area contributed by atoms with Crippen molar-refractivity contribution in [3.05, 3.63) is 139 Å². The summed E-state index contributed by atoms with van der Waals surface area (Å²) in [6.07, 6.45) is 7.66. The molecular formula is C47H48IrN2OSi-2. The fraction of sp³-hybridized carbons (Fsp3) is 0.277. The minimum Gasteiger partial charge on any atom is -0.501 e. The van der Waals surface area contributed by atoms with Gasteiger partial charge < -0.3 is 14.4 Å². The minimum absolute atomic E-state index is 0. The molecule has 8 rings (SSSR count). The Bertz CT molecular complexity index is 2380. The van der Waals surface area contributed by atoms with E-state index in [1.165, 1.54) is 12.0 Å². The van der Waals surface area contributed by atoms with Crippen LogP contribution in [0.25, 0.3) is 55.6 Å². The number of aromatic nitrogens is 2. The number of fused-ring (bicyclic) bond motifs is 3. The van der Waals surface area contributed by atoms with Crippen molar-refractivity contribution in [1.82, 2.24) is 9.97 Å². The molecular weight excluding hydrogens is 829 g/mol. The molecule has 52 heavy (non-hydrogen) atoms. The van der Waals surface area contributed by atoms with E-state index in [4.69, 9.17) is 8.53 Å². The van der Waals surface area contributed by atoms with Gasteiger partial charge in [0.1, 0.15) is 5.58 Å². The maximum Gasteiger partial charge on any atom is 0.121 e. The second-order valence-electron chi connectivity index (χ2n) is 14.8. The van der Waals surface area contributed by atoms with E-state index in [9.17, 15) is 0 Å². The molecule has 0 amide bonds. The smallest absolute Gasteiger partial charge is 0.121 e. The molecule has 1 aliphatic carbocycles. The molecule has 3 aromatic heterocycles. The summed E-state index contributed by atoms with van der Waals surface area (Å²) in [4.78, 5) is 9.23. The van der Waals surface area contributed by atoms with Crippen LogP contribution in [0.15, 0.2) is 120 Å². The van der Waals surface area contributed by atoms with Gasteiger partial charge in [0.2, 0.25) is 0 Å². The number of hydrogen-bond acceptors (Lipinski definition) is 3. The first-order valence-corrected chi connectivity index (χ1v) is 21.7. The van der Waals surface area contributed by atoms with Crippen LogP contribution >= 0.6 is 0 Å². The molecule has 1 saturated carbocycles. The maximum absolute atomic E-state index is 9.02. The Morgan fingerprint density at radius 2 is 1.60 bits per heavy atom. The third-order valence-electron chi connectivity index (χ3n) is 9.56. The molecule has 1 aliphatic rings. The molecule has 0 aliphatic heterocycles. The van der Waals surface area contributed by atoms with Crippen molar-refractivity contribution in [2.75, 3.05) is 0 Å². The van der Waals surface area contributed by atoms with Gasteiger partial charge in [-0.3, -0.25) is 0 Å². The first-order valence-electron chi connectivity index (χ1n) is 19.7. The summed E-state index contributed by atoms with van der Waals surface area (Å²) in [5.74, 6) is -0.597. The molecule has 7 aromatic rings. The number of benzene rings is 4. The van der Waals surface area contributed by atoms with Crippen LogP contribution in [0, 0.1) is 18.1 Å². The Morgan fingerprint density at radius 3 is 2.33 bits per heavy atom. The molecule has 0 saturated heterocycles. The Labute approximate surface area is 328 Å². The van der Waals surface area contributed by atoms with Crippen LogP contribution in [-0.2, 0) is 26.5 Å². The summed E-state index contributed by atoms with van der Waals surface area (Å²) in [6, 6.07) is 41.0. The average Bonchev–Trinajstić information content (AvgIpc) is 3.57. The quantitative estimate of drug-likeness (QED) is 0.118. The van der Waals surface area contributed by atoms with Crippen LogP contribution in [0.3, 0.4) is 0 Å². The molecule has 0 N–H and O–H groups in total. The monoisotopic (exact) mass is 880 g/mol. The second-order valence-corrected chi connectivity index (χ2v) is 19.8. The van der Waals surface area contributed by atoms with Crippen LogP contribution < -0.4 is 5.19 Å². The van der Waals surface area contributed by atoms with Crippen molar-refractivity contribution in [3.63, 3.8) is 0 Å². The topological polar surface area (TPSA) is 38.9 Å². The second kappa shape index (κ2) is 16.7. The van der Waals surface area contributed by atoms with Gasteiger partial charge in [-0.2, -0.15) is 0 Å². The zero-order valence-corrected chi connectivity index (χ0v) is 34.1. The van der Waals surface area contributed by atoms with Gasteiger partial charge >= 0.3 is 0 Å². The van der Waals surface area contributed by atoms with Gasteiger partial charge in [0, 0.05) is 42.0 Å². The largest absolute Gasteiger partial charge is 0.501 e. The number of nitrogens with zero attached hydrogens (tertiary/aromatic N) is 2. The maximum atomic E-state index is 9.02. The van der Waals surface area contributed by atoms with Gasteiger partial charge in [-0.1, -0.05) is 129 Å². The fourth-order valence-corrected chi connectivity index (χ4v) is 8.38. The van der Waals surface area contributed by atoms with Crippen LogP contribution in [-0.4, -0.2) is 18.0 Å². The molecule has 5 heteroatoms. The number of pyridine rings is 2. The van der Waals surface area contributed by atoms with Gasteiger partial charge in [-0.15, -0.1) is 54.1 Å². The Balaban J connectivity index is 0.000000198. The minimum atomic E-state index is -1.67. The predicted octanol–water partition coefficient (Wildman–Crippen LogP) is 12.5. The third-order valence-corrected chi connectivity index (χ3v) is 11.6. The number of hydrogen-bond donors (Lipinski definition) is 0. The number of furan rings is 1. The van der Waals surface area contributed by atoms with Crippen molar-refractivity contribution in [3.8, 4) is 33.6 Å². The summed E-state index contributed by atoms with van der Waals surface area (Å²) < 4.78 is 32.5. The van der Waals surface area contributed by atoms with Crippen LogP contribution in [0.2, 0.25) is 19.6 Å². The van der Waals surface area contributed by atoms with Gasteiger partial charge in [0.05, 0.1) is 13.7 Å². The summed E-state index contributed by atoms with van der Waals surface area (Å²) in [5, 5.41) is 3.26. The summed E-state index contributed by atoms with van der Waals surface area (Å²) in [5.41, 5.74) is 9.21. The van der Waals surface area contributed by atoms with E-state index < -0.39 is 20.3 Å². The summed E-state index contributed by atoms with van der Waals surface area (Å²) in [6.45, 7) is 10.6. The van der Waals surface area contributed by atoms with Crippen molar-refractivity contribution >= 4 is 35.2 Å². The molecule has 267 valence electrons. The first-order chi connectivity index (χ1) is 25.8. The van der Waals surface area contributed by atoms with E-state index in [1.54, 1.807) is 0 Å². The van der Waals surface area contributed by atoms with E-state index in [0.717, 1.165) is 92.0 Å². The van der Waals surface area contributed by atoms with E-state index in [0.29, 0.717) is 0 Å². The van der Waals surface area contributed by atoms with Crippen molar-refractivity contribution in [1.29, 1.82) is 0 Å². The van der Waals surface area contributed by atoms with Crippen molar-refractivity contribution in [2.24, 2.45) is 5.92 Å². The third kappa shape index (κ3) is 8.55. The predicted molar refractivity (Wildman–Crippen MR) is 217 cm³/mol. The number of rotatable bonds is 7. The molecule has 3 heterocycles. The van der Waals surface area contributed by atoms with Gasteiger partial charge in [-0.25, -0.2) is 0 Å². The van der Waals surface area contributed by atoms with Gasteiger partial charge in [0.25, 0.3) is 0 Å². The zero-order valence-electron chi connectivity index (χ0n) is 33.7. The molecule has 0 unspecified atom stereocenters. The summed E-state index contributed by atoms with van der Waals surface area (Å²) in [7, 11) is -1.67. The molecule has 4 aromatic carbocycles. The van der Waals surface area contributed by atoms with Crippen molar-refractivity contribution in [2.45, 2.75) is 77.9 Å². The normalized spacial score (nSPS) is 15.2. The molecule has 1 radical (unpaired) electrons. The first kappa shape index (κ1) is 33.7. The SMILES string of the molecule is [2H]C([2H])(c1cc(-c2[c-]cccc2)ncc1[Si](C)(C)C)C(C)C.[2H]C1(c2ccnc(-c3[c-]ccc4c3oc3cc(-c5ccccc5)ccc34)c2)CCCCC1.[Ir]. The Kier molecular flexibility index (Phi) is 10.8. The van der Waals surface area contributed by atoms with E-state index in [2.05, 4.69) is 96.3 Å². The van der Waals surface area contributed by atoms with E-state index in [-0.39, 0.29) is 26.0 Å². The average molecular weight is 880 g/mol. The molecule has 0 bridgehead atoms. The van der Waals surface area contributed by atoms with E-state index >= 15 is 0 Å². The van der Waals surface area contributed by atoms with Crippen molar-refractivity contribution < 1.29 is 28.6 Å². The molecule has 0 spiro atoms. The molecule has 0 atom stereocenters. The standard InChI is InChI=1S/C29H24NO.C18H24NSi.Ir/c1-3-8-20(9-4-1)22-14-15-24-25-12-7-13-26(29(25)31-28(24)19-22)27-18-23(16-17-30-27)21-10-5-2-6-11-21;1-14(2)11-16-12-17(15-9-7-6-8-10-15)19-13-18(16)20(3,4)5;/h1,3-4,7-9,12,14-19,21H,2,5-6,10-11H2;6-9,12-14H,11H2,1-5H3;/q2*-1;/i21D;11D2;. The van der Waals surface area contributed by atoms with Crippen LogP contribution in [0.4, 0.5) is 0 Å². The summed E-state index contributed by atoms with van der Waals surface area (Å²) >= 11 is 0. The molecule has 1 fully saturated rings. The Morgan fingerprint density at radius 1 is 0.808 bits per heavy atom. The van der Waals surface area contributed by atoms with Crippen LogP contribution in [0.1, 0.15) is 67.1 Å². The van der Waals surface area contributed by atoms with Crippen LogP contribution in [0.5, 0.6) is 0 Å². The zero-order chi connectivity index (χ0) is 38.1. The molecule has 3 nitrogen and oxygen atoms in total. The van der Waals surface area contributed by atoms with Gasteiger partial charge in [-0.05, 0) is 70.9 Å².